The molecule has 2 amide bonds. The van der Waals surface area contributed by atoms with Crippen LogP contribution in [0.3, 0.4) is 0 Å². The molecule has 6 heteroatoms. The quantitative estimate of drug-likeness (QED) is 0.684. The van der Waals surface area contributed by atoms with Gasteiger partial charge in [-0.05, 0) is 52.0 Å². The van der Waals surface area contributed by atoms with Gasteiger partial charge in [-0.25, -0.2) is 0 Å². The number of carbonyl (C=O) groups is 2. The summed E-state index contributed by atoms with van der Waals surface area (Å²) < 4.78 is 0. The normalized spacial score (nSPS) is 24.4. The van der Waals surface area contributed by atoms with E-state index in [1.165, 1.54) is 6.42 Å². The van der Waals surface area contributed by atoms with Crippen LogP contribution in [0.5, 0.6) is 0 Å². The van der Waals surface area contributed by atoms with Crippen molar-refractivity contribution in [3.05, 3.63) is 0 Å². The summed E-state index contributed by atoms with van der Waals surface area (Å²) in [6.07, 6.45) is 4.66. The summed E-state index contributed by atoms with van der Waals surface area (Å²) in [5, 5.41) is 0. The standard InChI is InChI=1S/C19H34N4O2/c1-16(2)23(15-19(25)22-10-5-11-22)13-17-6-3-7-20(12-17)14-18(24)21-8-4-9-21/h16-17H,3-15H2,1-2H3. The molecule has 3 fully saturated rings. The van der Waals surface area contributed by atoms with Crippen molar-refractivity contribution >= 4 is 11.8 Å². The second-order valence-electron chi connectivity index (χ2n) is 8.24. The monoisotopic (exact) mass is 350 g/mol. The van der Waals surface area contributed by atoms with E-state index in [9.17, 15) is 9.59 Å². The van der Waals surface area contributed by atoms with Gasteiger partial charge in [0.25, 0.3) is 0 Å². The van der Waals surface area contributed by atoms with Crippen LogP contribution in [0.25, 0.3) is 0 Å². The number of likely N-dealkylation sites (tertiary alicyclic amines) is 3. The Morgan fingerprint density at radius 1 is 0.960 bits per heavy atom. The van der Waals surface area contributed by atoms with Crippen molar-refractivity contribution in [2.45, 2.75) is 45.6 Å². The minimum atomic E-state index is 0.278. The van der Waals surface area contributed by atoms with Crippen LogP contribution in [0.2, 0.25) is 0 Å². The molecule has 3 aliphatic heterocycles. The van der Waals surface area contributed by atoms with E-state index < -0.39 is 0 Å². The van der Waals surface area contributed by atoms with E-state index in [0.29, 0.717) is 31.0 Å². The maximum absolute atomic E-state index is 12.3. The number of carbonyl (C=O) groups excluding carboxylic acids is 2. The Balaban J connectivity index is 1.47. The lowest BCUT2D eigenvalue weighted by Crippen LogP contribution is -2.52. The van der Waals surface area contributed by atoms with Crippen LogP contribution >= 0.6 is 0 Å². The molecule has 0 aromatic carbocycles. The number of amides is 2. The Kier molecular flexibility index (Phi) is 6.34. The highest BCUT2D eigenvalue weighted by molar-refractivity contribution is 5.79. The first-order chi connectivity index (χ1) is 12.0. The lowest BCUT2D eigenvalue weighted by Gasteiger charge is -2.39. The van der Waals surface area contributed by atoms with Crippen molar-refractivity contribution in [3.63, 3.8) is 0 Å². The average molecular weight is 351 g/mol. The number of rotatable bonds is 7. The van der Waals surface area contributed by atoms with E-state index in [-0.39, 0.29) is 5.91 Å². The van der Waals surface area contributed by atoms with Crippen molar-refractivity contribution in [1.82, 2.24) is 19.6 Å². The van der Waals surface area contributed by atoms with Crippen LogP contribution in [-0.2, 0) is 9.59 Å². The molecule has 0 bridgehead atoms. The summed E-state index contributed by atoms with van der Waals surface area (Å²) in [5.41, 5.74) is 0. The Morgan fingerprint density at radius 2 is 1.60 bits per heavy atom. The van der Waals surface area contributed by atoms with E-state index in [0.717, 1.165) is 65.1 Å². The van der Waals surface area contributed by atoms with E-state index in [4.69, 9.17) is 0 Å². The van der Waals surface area contributed by atoms with Crippen molar-refractivity contribution in [3.8, 4) is 0 Å². The molecule has 0 N–H and O–H groups in total. The number of nitrogens with zero attached hydrogens (tertiary/aromatic N) is 4. The molecule has 3 rings (SSSR count). The van der Waals surface area contributed by atoms with Gasteiger partial charge in [0, 0.05) is 45.3 Å². The molecule has 3 saturated heterocycles. The van der Waals surface area contributed by atoms with E-state index in [2.05, 4.69) is 23.6 Å². The molecule has 0 spiro atoms. The molecule has 0 radical (unpaired) electrons. The zero-order chi connectivity index (χ0) is 17.8. The summed E-state index contributed by atoms with van der Waals surface area (Å²) in [6, 6.07) is 0.378. The predicted molar refractivity (Wildman–Crippen MR) is 98.3 cm³/mol. The van der Waals surface area contributed by atoms with E-state index >= 15 is 0 Å². The molecule has 0 saturated carbocycles. The van der Waals surface area contributed by atoms with Gasteiger partial charge in [0.05, 0.1) is 13.1 Å². The first kappa shape index (κ1) is 18.6. The van der Waals surface area contributed by atoms with Crippen LogP contribution in [0, 0.1) is 5.92 Å². The number of hydrogen-bond donors (Lipinski definition) is 0. The van der Waals surface area contributed by atoms with E-state index in [1.54, 1.807) is 0 Å². The third-order valence-corrected chi connectivity index (χ3v) is 5.94. The van der Waals surface area contributed by atoms with E-state index in [1.807, 2.05) is 9.80 Å². The summed E-state index contributed by atoms with van der Waals surface area (Å²) in [6.45, 7) is 12.2. The molecule has 6 nitrogen and oxygen atoms in total. The van der Waals surface area contributed by atoms with Gasteiger partial charge in [-0.3, -0.25) is 19.4 Å². The van der Waals surface area contributed by atoms with Gasteiger partial charge >= 0.3 is 0 Å². The van der Waals surface area contributed by atoms with Gasteiger partial charge in [0.1, 0.15) is 0 Å². The van der Waals surface area contributed by atoms with Crippen molar-refractivity contribution < 1.29 is 9.59 Å². The van der Waals surface area contributed by atoms with Gasteiger partial charge in [-0.15, -0.1) is 0 Å². The largest absolute Gasteiger partial charge is 0.341 e. The molecule has 142 valence electrons. The van der Waals surface area contributed by atoms with Gasteiger partial charge < -0.3 is 9.80 Å². The van der Waals surface area contributed by atoms with Crippen molar-refractivity contribution in [2.24, 2.45) is 5.92 Å². The highest BCUT2D eigenvalue weighted by atomic mass is 16.2. The molecule has 0 aromatic rings. The van der Waals surface area contributed by atoms with Crippen molar-refractivity contribution in [1.29, 1.82) is 0 Å². The highest BCUT2D eigenvalue weighted by Gasteiger charge is 2.29. The summed E-state index contributed by atoms with van der Waals surface area (Å²) >= 11 is 0. The third-order valence-electron chi connectivity index (χ3n) is 5.94. The Morgan fingerprint density at radius 3 is 2.16 bits per heavy atom. The fourth-order valence-electron chi connectivity index (χ4n) is 3.93. The second-order valence-corrected chi connectivity index (χ2v) is 8.24. The van der Waals surface area contributed by atoms with Gasteiger partial charge in [-0.2, -0.15) is 0 Å². The maximum Gasteiger partial charge on any atom is 0.236 e. The predicted octanol–water partition coefficient (Wildman–Crippen LogP) is 0.873. The first-order valence-corrected chi connectivity index (χ1v) is 10.0. The van der Waals surface area contributed by atoms with Crippen LogP contribution in [0.4, 0.5) is 0 Å². The van der Waals surface area contributed by atoms with Gasteiger partial charge in [-0.1, -0.05) is 0 Å². The fraction of sp³-hybridized carbons (Fsp3) is 0.895. The minimum Gasteiger partial charge on any atom is -0.341 e. The molecular formula is C19H34N4O2. The maximum atomic E-state index is 12.3. The smallest absolute Gasteiger partial charge is 0.236 e. The Hall–Kier alpha value is -1.14. The average Bonchev–Trinajstić information content (AvgIpc) is 2.42. The summed E-state index contributed by atoms with van der Waals surface area (Å²) in [5.74, 6) is 1.13. The SMILES string of the molecule is CC(C)N(CC(=O)N1CCC1)CC1CCCN(CC(=O)N2CCC2)C1. The first-order valence-electron chi connectivity index (χ1n) is 10.0. The zero-order valence-corrected chi connectivity index (χ0v) is 16.0. The van der Waals surface area contributed by atoms with Crippen molar-refractivity contribution in [2.75, 3.05) is 58.9 Å². The second kappa shape index (κ2) is 8.49. The third kappa shape index (κ3) is 4.94. The molecule has 25 heavy (non-hydrogen) atoms. The summed E-state index contributed by atoms with van der Waals surface area (Å²) in [7, 11) is 0. The van der Waals surface area contributed by atoms with Crippen LogP contribution in [0.15, 0.2) is 0 Å². The van der Waals surface area contributed by atoms with Crippen LogP contribution in [-0.4, -0.2) is 96.4 Å². The fourth-order valence-corrected chi connectivity index (χ4v) is 3.93. The lowest BCUT2D eigenvalue weighted by molar-refractivity contribution is -0.136. The minimum absolute atomic E-state index is 0.278. The Bertz CT molecular complexity index is 474. The number of hydrogen-bond acceptors (Lipinski definition) is 4. The molecule has 1 unspecified atom stereocenters. The lowest BCUT2D eigenvalue weighted by atomic mass is 9.96. The molecule has 0 aliphatic carbocycles. The molecular weight excluding hydrogens is 316 g/mol. The summed E-state index contributed by atoms with van der Waals surface area (Å²) in [4.78, 5) is 33.1. The topological polar surface area (TPSA) is 47.1 Å². The number of piperidine rings is 1. The van der Waals surface area contributed by atoms with Gasteiger partial charge in [0.15, 0.2) is 0 Å². The Labute approximate surface area is 152 Å². The van der Waals surface area contributed by atoms with Gasteiger partial charge in [0.2, 0.25) is 11.8 Å². The molecule has 0 aromatic heterocycles. The molecule has 3 aliphatic rings. The molecule has 3 heterocycles. The zero-order valence-electron chi connectivity index (χ0n) is 16.0. The van der Waals surface area contributed by atoms with Crippen LogP contribution in [0.1, 0.15) is 39.5 Å². The van der Waals surface area contributed by atoms with Crippen LogP contribution < -0.4 is 0 Å². The molecule has 1 atom stereocenters. The highest BCUT2D eigenvalue weighted by Crippen LogP contribution is 2.20.